The summed E-state index contributed by atoms with van der Waals surface area (Å²) < 4.78 is 61.7. The van der Waals surface area contributed by atoms with Crippen LogP contribution in [0.4, 0.5) is 0 Å². The fourth-order valence-electron chi connectivity index (χ4n) is 13.5. The molecule has 4 rings (SSSR count). The van der Waals surface area contributed by atoms with Gasteiger partial charge in [-0.1, -0.05) is 198 Å². The second-order valence-electron chi connectivity index (χ2n) is 33.0. The predicted molar refractivity (Wildman–Crippen MR) is 585 cm³/mol. The molecular weight excluding hydrogens is 1900 g/mol. The number of nitrogens with zero attached hydrogens (tertiary/aromatic N) is 1. The molecule has 0 N–H and O–H groups in total. The van der Waals surface area contributed by atoms with Gasteiger partial charge in [-0.15, -0.1) is 17.2 Å². The summed E-state index contributed by atoms with van der Waals surface area (Å²) in [6, 6.07) is 35.8. The van der Waals surface area contributed by atoms with E-state index in [-0.39, 0.29) is 103 Å². The minimum absolute atomic E-state index is 0. The zero-order chi connectivity index (χ0) is 102. The van der Waals surface area contributed by atoms with Gasteiger partial charge in [0, 0.05) is 85.3 Å². The van der Waals surface area contributed by atoms with Crippen molar-refractivity contribution < 1.29 is 139 Å². The molecule has 1 aliphatic heterocycles. The van der Waals surface area contributed by atoms with E-state index in [1.165, 1.54) is 236 Å². The van der Waals surface area contributed by atoms with Crippen LogP contribution in [0.15, 0.2) is 153 Å². The number of benzene rings is 3. The molecule has 0 radical (unpaired) electrons. The van der Waals surface area contributed by atoms with Crippen molar-refractivity contribution >= 4 is 45.0 Å². The SMILES string of the molecule is C1CCOC1.C=CC#C/C=C\CCCCCCCC(OCC)OCC.C=CC#C/C=C\CCCCCCCC=O.C=CC#CC=O.CC#N.CC(C)(C)[O-].CCOC(CCCCCCCCCl)OCC.CCOC(CCCCCCCC[I-][P+](c1ccccc1)(c1ccccc1)c1ccccc1)OCC.C[CH-]CCCCCCCC(OCC)OCC.C[CH-]CCCCCCCC(OCC)OCC.[K+]. The zero-order valence-corrected chi connectivity index (χ0v) is 97.8. The average molecular weight is 2100 g/mol. The summed E-state index contributed by atoms with van der Waals surface area (Å²) in [5.41, 5.74) is -0.750. The Labute approximate surface area is 908 Å². The van der Waals surface area contributed by atoms with Crippen LogP contribution >= 0.6 is 16.5 Å². The number of halogens is 2. The average Bonchev–Trinajstić information content (AvgIpc) is 0.812. The van der Waals surface area contributed by atoms with E-state index in [0.29, 0.717) is 6.29 Å². The molecule has 19 heteroatoms. The molecule has 0 atom stereocenters. The van der Waals surface area contributed by atoms with Gasteiger partial charge in [0.05, 0.1) is 6.07 Å². The molecule has 0 amide bonds. The van der Waals surface area contributed by atoms with Gasteiger partial charge in [0.2, 0.25) is 0 Å². The summed E-state index contributed by atoms with van der Waals surface area (Å²) in [5, 5.41) is 22.1. The number of unbranched alkanes of at least 4 members (excludes halogenated alkanes) is 33. The zero-order valence-electron chi connectivity index (χ0n) is 90.9. The van der Waals surface area contributed by atoms with Crippen LogP contribution < -0.4 is 93.1 Å². The summed E-state index contributed by atoms with van der Waals surface area (Å²) in [4.78, 5) is 17.8. The number of hydrogen-bond acceptors (Lipinski definition) is 15. The summed E-state index contributed by atoms with van der Waals surface area (Å²) in [6.45, 7) is 50.5. The Kier molecular flexibility index (Phi) is 136. The Balaban J connectivity index is -0.000000294. The van der Waals surface area contributed by atoms with E-state index in [1.807, 2.05) is 81.4 Å². The van der Waals surface area contributed by atoms with Crippen molar-refractivity contribution in [3.05, 3.63) is 166 Å². The second kappa shape index (κ2) is 128. The number of alkyl halides is 2. The molecular formula is C119H201ClIKNO14P-2. The van der Waals surface area contributed by atoms with Crippen molar-refractivity contribution in [1.82, 2.24) is 0 Å². The number of carbonyl (C=O) groups excluding carboxylic acids is 2. The third-order valence-electron chi connectivity index (χ3n) is 20.0. The van der Waals surface area contributed by atoms with Crippen molar-refractivity contribution in [3.8, 4) is 41.6 Å². The van der Waals surface area contributed by atoms with Gasteiger partial charge in [0.25, 0.3) is 0 Å². The summed E-state index contributed by atoms with van der Waals surface area (Å²) in [6.07, 6.45) is 72.5. The molecule has 15 nitrogen and oxygen atoms in total. The van der Waals surface area contributed by atoms with Crippen LogP contribution in [0.2, 0.25) is 0 Å². The van der Waals surface area contributed by atoms with Gasteiger partial charge < -0.3 is 65.4 Å². The Morgan fingerprint density at radius 2 is 0.638 bits per heavy atom. The van der Waals surface area contributed by atoms with Gasteiger partial charge in [-0.3, -0.25) is 4.79 Å². The molecule has 788 valence electrons. The van der Waals surface area contributed by atoms with Gasteiger partial charge in [-0.2, -0.15) is 32.0 Å². The van der Waals surface area contributed by atoms with Gasteiger partial charge >= 0.3 is 276 Å². The van der Waals surface area contributed by atoms with Crippen LogP contribution in [0, 0.1) is 59.7 Å². The van der Waals surface area contributed by atoms with E-state index in [2.05, 4.69) is 185 Å². The van der Waals surface area contributed by atoms with Gasteiger partial charge in [-0.25, -0.2) is 0 Å². The second-order valence-corrected chi connectivity index (χ2v) is 43.8. The van der Waals surface area contributed by atoms with Crippen molar-refractivity contribution in [3.63, 3.8) is 0 Å². The van der Waals surface area contributed by atoms with Crippen LogP contribution in [0.25, 0.3) is 0 Å². The number of aldehydes is 2. The van der Waals surface area contributed by atoms with Crippen LogP contribution in [-0.2, 0) is 61.7 Å². The quantitative estimate of drug-likeness (QED) is 0.00598. The molecule has 0 aliphatic carbocycles. The van der Waals surface area contributed by atoms with E-state index in [0.717, 1.165) is 156 Å². The minimum Gasteiger partial charge on any atom is -0.353 e. The molecule has 3 aromatic carbocycles. The van der Waals surface area contributed by atoms with E-state index >= 15 is 0 Å². The number of ether oxygens (including phenoxy) is 11. The van der Waals surface area contributed by atoms with Crippen LogP contribution in [0.3, 0.4) is 0 Å². The van der Waals surface area contributed by atoms with Crippen molar-refractivity contribution in [2.75, 3.05) is 89.6 Å². The predicted octanol–water partition coefficient (Wildman–Crippen LogP) is 24.5. The Morgan fingerprint density at radius 1 is 0.399 bits per heavy atom. The standard InChI is InChI=1S/C31H42IO2P.C18H30O2.2C14H29O2.C14H20O.C13H27ClO2.C5H4O.C4H8O.C4H9O.C2H3N.K/c1-3-33-31(34-4-2)26-18-7-5-6-8-19-27-32-35(28-20-12-9-13-21-28,29-22-14-10-15-23-29)30-24-16-11-17-25-30;1-4-7-8-9-10-11-12-13-14-15-16-17-18(19-5-2)20-6-3;2*1-4-7-8-9-10-11-12-13-14(15-5-2)16-6-3;1-2-3-4-5-6-7-8-9-10-11-12-13-14-15;1-3-15-13(16-4-2)11-9-7-5-6-8-10-12-14;1-2-3-4-5-6;1-2-4-5-3-1;1-4(2,3)5;1-2-3;/h9-17,20-25,31H,3-8,18-19,26-27H2,1-2H3;4,9-10,18H,1,5-6,11-17H2,2-3H3;2*4,14H,5-13H2,1-3H3;2,5-6,14H,1,7-13H2;13H,3-12H2,1-2H3;2,5H,1H2;1-4H2;1-3H3;1H3;/q;;2*-1;;;;;-1;;+1/b;10-9-;;;6-5-;;;;;;. The first-order valence-electron chi connectivity index (χ1n) is 53.0. The molecule has 3 aromatic rings. The van der Waals surface area contributed by atoms with E-state index < -0.39 is 10.5 Å². The van der Waals surface area contributed by atoms with Crippen molar-refractivity contribution in [1.29, 1.82) is 5.26 Å². The van der Waals surface area contributed by atoms with E-state index in [1.54, 1.807) is 54.9 Å². The third kappa shape index (κ3) is 114. The fourth-order valence-corrected chi connectivity index (χ4v) is 27.3. The third-order valence-corrected chi connectivity index (χ3v) is 34.1. The summed E-state index contributed by atoms with van der Waals surface area (Å²) in [5.74, 6) is 16.6. The van der Waals surface area contributed by atoms with Crippen LogP contribution in [-0.4, -0.2) is 139 Å². The minimum atomic E-state index is -1.56. The Morgan fingerprint density at radius 3 is 0.862 bits per heavy atom. The normalized spacial score (nSPS) is 11.1. The summed E-state index contributed by atoms with van der Waals surface area (Å²) >= 11 is 5.59. The molecule has 0 saturated carbocycles. The molecule has 0 unspecified atom stereocenters. The molecule has 1 saturated heterocycles. The maximum atomic E-state index is 10.1. The van der Waals surface area contributed by atoms with E-state index in [4.69, 9.17) is 69.0 Å². The fraction of sp³-hybridized carbons (Fsp3) is 0.672. The molecule has 1 heterocycles. The molecule has 1 fully saturated rings. The Bertz CT molecular complexity index is 3010. The molecule has 1 aliphatic rings. The van der Waals surface area contributed by atoms with Crippen LogP contribution in [0.5, 0.6) is 0 Å². The monoisotopic (exact) mass is 2100 g/mol. The Hall–Kier alpha value is -3.52. The van der Waals surface area contributed by atoms with Crippen molar-refractivity contribution in [2.45, 2.75) is 430 Å². The maximum absolute atomic E-state index is 10.1. The van der Waals surface area contributed by atoms with Gasteiger partial charge in [0.1, 0.15) is 6.29 Å². The molecule has 0 spiro atoms. The van der Waals surface area contributed by atoms with Gasteiger partial charge in [-0.05, 0) is 194 Å². The number of nitriles is 1. The smallest absolute Gasteiger partial charge is 0.353 e. The molecule has 0 aromatic heterocycles. The molecule has 138 heavy (non-hydrogen) atoms. The number of carbonyl (C=O) groups is 2. The molecule has 0 bridgehead atoms. The number of allylic oxidation sites excluding steroid dienone is 7. The topological polar surface area (TPSA) is 183 Å². The number of rotatable bonds is 73. The van der Waals surface area contributed by atoms with Crippen molar-refractivity contribution in [2.24, 2.45) is 0 Å². The van der Waals surface area contributed by atoms with Crippen LogP contribution in [0.1, 0.15) is 393 Å². The number of hydrogen-bond donors (Lipinski definition) is 0. The summed E-state index contributed by atoms with van der Waals surface area (Å²) in [7, 11) is 0. The first-order valence-corrected chi connectivity index (χ1v) is 59.6. The first kappa shape index (κ1) is 147. The van der Waals surface area contributed by atoms with Gasteiger partial charge in [0.15, 0.2) is 31.4 Å². The van der Waals surface area contributed by atoms with E-state index in [9.17, 15) is 14.7 Å². The first-order chi connectivity index (χ1) is 66.9.